The van der Waals surface area contributed by atoms with Gasteiger partial charge < -0.3 is 10.2 Å². The SMILES string of the molecule is CC(=O)N(C)Cc1cccc(NC(=O)c2ccc(-c3ccc(F)cc3C)c(F)c2)c1. The number of benzene rings is 3. The fourth-order valence-electron chi connectivity index (χ4n) is 3.14. The summed E-state index contributed by atoms with van der Waals surface area (Å²) >= 11 is 0. The monoisotopic (exact) mass is 408 g/mol. The number of amides is 2. The number of rotatable bonds is 5. The first kappa shape index (κ1) is 21.2. The highest BCUT2D eigenvalue weighted by Gasteiger charge is 2.13. The Bertz CT molecular complexity index is 1110. The Morgan fingerprint density at radius 3 is 2.37 bits per heavy atom. The topological polar surface area (TPSA) is 49.4 Å². The van der Waals surface area contributed by atoms with Crippen molar-refractivity contribution in [3.8, 4) is 11.1 Å². The Labute approximate surface area is 174 Å². The van der Waals surface area contributed by atoms with Crippen LogP contribution in [0.25, 0.3) is 11.1 Å². The van der Waals surface area contributed by atoms with Crippen LogP contribution in [0.2, 0.25) is 0 Å². The first-order valence-electron chi connectivity index (χ1n) is 9.42. The summed E-state index contributed by atoms with van der Waals surface area (Å²) in [6.45, 7) is 3.60. The molecule has 0 atom stereocenters. The van der Waals surface area contributed by atoms with Crippen molar-refractivity contribution in [1.82, 2.24) is 4.90 Å². The zero-order chi connectivity index (χ0) is 21.8. The van der Waals surface area contributed by atoms with E-state index in [2.05, 4.69) is 5.32 Å². The minimum Gasteiger partial charge on any atom is -0.342 e. The first-order chi connectivity index (χ1) is 14.2. The smallest absolute Gasteiger partial charge is 0.255 e. The highest BCUT2D eigenvalue weighted by atomic mass is 19.1. The molecule has 3 rings (SSSR count). The summed E-state index contributed by atoms with van der Waals surface area (Å²) in [6.07, 6.45) is 0. The molecule has 0 unspecified atom stereocenters. The van der Waals surface area contributed by atoms with Crippen LogP contribution in [-0.4, -0.2) is 23.8 Å². The number of anilines is 1. The largest absolute Gasteiger partial charge is 0.342 e. The molecule has 0 heterocycles. The molecule has 6 heteroatoms. The molecule has 0 aliphatic rings. The molecule has 3 aromatic carbocycles. The maximum Gasteiger partial charge on any atom is 0.255 e. The molecule has 0 aromatic heterocycles. The molecule has 0 bridgehead atoms. The van der Waals surface area contributed by atoms with Crippen molar-refractivity contribution >= 4 is 17.5 Å². The van der Waals surface area contributed by atoms with Gasteiger partial charge in [-0.2, -0.15) is 0 Å². The van der Waals surface area contributed by atoms with Crippen LogP contribution >= 0.6 is 0 Å². The molecule has 3 aromatic rings. The molecule has 0 fully saturated rings. The molecular weight excluding hydrogens is 386 g/mol. The van der Waals surface area contributed by atoms with Gasteiger partial charge in [-0.15, -0.1) is 0 Å². The zero-order valence-electron chi connectivity index (χ0n) is 17.0. The molecular formula is C24H22F2N2O2. The highest BCUT2D eigenvalue weighted by Crippen LogP contribution is 2.27. The fourth-order valence-corrected chi connectivity index (χ4v) is 3.14. The van der Waals surface area contributed by atoms with Gasteiger partial charge in [0.25, 0.3) is 5.91 Å². The summed E-state index contributed by atoms with van der Waals surface area (Å²) in [6, 6.07) is 15.5. The van der Waals surface area contributed by atoms with Crippen LogP contribution in [0.3, 0.4) is 0 Å². The molecule has 154 valence electrons. The van der Waals surface area contributed by atoms with Crippen LogP contribution in [-0.2, 0) is 11.3 Å². The van der Waals surface area contributed by atoms with Gasteiger partial charge in [-0.25, -0.2) is 8.78 Å². The Morgan fingerprint density at radius 1 is 0.967 bits per heavy atom. The average Bonchev–Trinajstić information content (AvgIpc) is 2.68. The first-order valence-corrected chi connectivity index (χ1v) is 9.42. The maximum atomic E-state index is 14.7. The fraction of sp³-hybridized carbons (Fsp3) is 0.167. The van der Waals surface area contributed by atoms with Crippen LogP contribution in [0.1, 0.15) is 28.4 Å². The average molecular weight is 408 g/mol. The van der Waals surface area contributed by atoms with Crippen molar-refractivity contribution in [3.63, 3.8) is 0 Å². The number of carbonyl (C=O) groups excluding carboxylic acids is 2. The summed E-state index contributed by atoms with van der Waals surface area (Å²) in [5, 5.41) is 2.75. The van der Waals surface area contributed by atoms with Crippen molar-refractivity contribution in [2.75, 3.05) is 12.4 Å². The van der Waals surface area contributed by atoms with Crippen LogP contribution in [0, 0.1) is 18.6 Å². The van der Waals surface area contributed by atoms with Crippen LogP contribution in [0.5, 0.6) is 0 Å². The van der Waals surface area contributed by atoms with E-state index in [1.54, 1.807) is 37.1 Å². The van der Waals surface area contributed by atoms with Gasteiger partial charge in [0.05, 0.1) is 0 Å². The number of nitrogens with zero attached hydrogens (tertiary/aromatic N) is 1. The van der Waals surface area contributed by atoms with Crippen molar-refractivity contribution in [3.05, 3.63) is 89.0 Å². The number of carbonyl (C=O) groups is 2. The third-order valence-corrected chi connectivity index (χ3v) is 4.85. The van der Waals surface area contributed by atoms with E-state index in [0.29, 0.717) is 28.9 Å². The second-order valence-electron chi connectivity index (χ2n) is 7.18. The lowest BCUT2D eigenvalue weighted by atomic mass is 9.98. The lowest BCUT2D eigenvalue weighted by Crippen LogP contribution is -2.23. The predicted molar refractivity (Wildman–Crippen MR) is 113 cm³/mol. The number of hydrogen-bond donors (Lipinski definition) is 1. The van der Waals surface area contributed by atoms with Gasteiger partial charge in [0.2, 0.25) is 5.91 Å². The summed E-state index contributed by atoms with van der Waals surface area (Å²) in [5.74, 6) is -1.46. The summed E-state index contributed by atoms with van der Waals surface area (Å²) < 4.78 is 28.0. The third-order valence-electron chi connectivity index (χ3n) is 4.85. The van der Waals surface area contributed by atoms with E-state index < -0.39 is 11.7 Å². The van der Waals surface area contributed by atoms with E-state index in [1.165, 1.54) is 43.3 Å². The number of halogens is 2. The Kier molecular flexibility index (Phi) is 6.26. The normalized spacial score (nSPS) is 10.6. The molecule has 0 aliphatic carbocycles. The van der Waals surface area contributed by atoms with Crippen LogP contribution in [0.4, 0.5) is 14.5 Å². The zero-order valence-corrected chi connectivity index (χ0v) is 17.0. The molecule has 0 aliphatic heterocycles. The maximum absolute atomic E-state index is 14.7. The standard InChI is InChI=1S/C24H22F2N2O2/c1-15-11-19(25)8-10-21(15)22-9-7-18(13-23(22)26)24(30)27-20-6-4-5-17(12-20)14-28(3)16(2)29/h4-13H,14H2,1-3H3,(H,27,30). The van der Waals surface area contributed by atoms with Gasteiger partial charge in [0, 0.05) is 37.3 Å². The van der Waals surface area contributed by atoms with Gasteiger partial charge in [-0.05, 0) is 60.0 Å². The van der Waals surface area contributed by atoms with Gasteiger partial charge in [0.15, 0.2) is 0 Å². The van der Waals surface area contributed by atoms with Crippen molar-refractivity contribution in [2.45, 2.75) is 20.4 Å². The second-order valence-corrected chi connectivity index (χ2v) is 7.18. The van der Waals surface area contributed by atoms with E-state index in [-0.39, 0.29) is 17.3 Å². The summed E-state index contributed by atoms with van der Waals surface area (Å²) in [5.41, 5.74) is 3.06. The van der Waals surface area contributed by atoms with Gasteiger partial charge in [0.1, 0.15) is 11.6 Å². The minimum absolute atomic E-state index is 0.0589. The predicted octanol–water partition coefficient (Wildman–Crippen LogP) is 5.17. The molecule has 0 saturated heterocycles. The van der Waals surface area contributed by atoms with Crippen LogP contribution in [0.15, 0.2) is 60.7 Å². The van der Waals surface area contributed by atoms with E-state index >= 15 is 0 Å². The Hall–Kier alpha value is -3.54. The molecule has 1 N–H and O–H groups in total. The van der Waals surface area contributed by atoms with Gasteiger partial charge in [-0.3, -0.25) is 9.59 Å². The molecule has 30 heavy (non-hydrogen) atoms. The number of hydrogen-bond acceptors (Lipinski definition) is 2. The lowest BCUT2D eigenvalue weighted by Gasteiger charge is -2.15. The molecule has 4 nitrogen and oxygen atoms in total. The lowest BCUT2D eigenvalue weighted by molar-refractivity contribution is -0.128. The number of nitrogens with one attached hydrogen (secondary N) is 1. The summed E-state index contributed by atoms with van der Waals surface area (Å²) in [4.78, 5) is 25.5. The summed E-state index contributed by atoms with van der Waals surface area (Å²) in [7, 11) is 1.70. The van der Waals surface area contributed by atoms with Crippen molar-refractivity contribution in [1.29, 1.82) is 0 Å². The van der Waals surface area contributed by atoms with Crippen molar-refractivity contribution in [2.24, 2.45) is 0 Å². The van der Waals surface area contributed by atoms with Gasteiger partial charge >= 0.3 is 0 Å². The van der Waals surface area contributed by atoms with Crippen molar-refractivity contribution < 1.29 is 18.4 Å². The highest BCUT2D eigenvalue weighted by molar-refractivity contribution is 6.04. The third kappa shape index (κ3) is 4.89. The van der Waals surface area contributed by atoms with Gasteiger partial charge in [-0.1, -0.05) is 24.3 Å². The molecule has 0 radical (unpaired) electrons. The second kappa shape index (κ2) is 8.86. The van der Waals surface area contributed by atoms with E-state index in [4.69, 9.17) is 0 Å². The Morgan fingerprint density at radius 2 is 1.70 bits per heavy atom. The van der Waals surface area contributed by atoms with E-state index in [1.807, 2.05) is 6.07 Å². The number of aryl methyl sites for hydroxylation is 1. The van der Waals surface area contributed by atoms with E-state index in [9.17, 15) is 18.4 Å². The van der Waals surface area contributed by atoms with Crippen LogP contribution < -0.4 is 5.32 Å². The minimum atomic E-state index is -0.561. The molecule has 0 saturated carbocycles. The molecule has 0 spiro atoms. The molecule has 2 amide bonds. The quantitative estimate of drug-likeness (QED) is 0.633. The van der Waals surface area contributed by atoms with E-state index in [0.717, 1.165) is 5.56 Å². The Balaban J connectivity index is 1.78.